The van der Waals surface area contributed by atoms with Crippen LogP contribution in [0.3, 0.4) is 0 Å². The van der Waals surface area contributed by atoms with Gasteiger partial charge in [0.1, 0.15) is 41.1 Å². The Balaban J connectivity index is 1.82. The number of aryl methyl sites for hydroxylation is 1. The van der Waals surface area contributed by atoms with E-state index in [0.29, 0.717) is 27.3 Å². The lowest BCUT2D eigenvalue weighted by atomic mass is 9.98. The van der Waals surface area contributed by atoms with Gasteiger partial charge < -0.3 is 39.1 Å². The van der Waals surface area contributed by atoms with Crippen LogP contribution in [0.25, 0.3) is 32.5 Å². The summed E-state index contributed by atoms with van der Waals surface area (Å²) in [5, 5.41) is 43.2. The molecule has 0 unspecified atom stereocenters. The molecule has 0 radical (unpaired) electrons. The molecule has 1 fully saturated rings. The molecule has 3 aromatic carbocycles. The summed E-state index contributed by atoms with van der Waals surface area (Å²) in [5.74, 6) is 0.435. The highest BCUT2D eigenvalue weighted by molar-refractivity contribution is 6.18. The maximum Gasteiger partial charge on any atom is 0.344 e. The summed E-state index contributed by atoms with van der Waals surface area (Å²) >= 11 is 0. The Hall–Kier alpha value is -3.37. The lowest BCUT2D eigenvalue weighted by molar-refractivity contribution is -0.267. The van der Waals surface area contributed by atoms with Gasteiger partial charge in [0.15, 0.2) is 0 Å². The molecule has 0 aliphatic carbocycles. The zero-order valence-electron chi connectivity index (χ0n) is 18.7. The molecule has 0 amide bonds. The first kappa shape index (κ1) is 22.4. The minimum absolute atomic E-state index is 0.123. The van der Waals surface area contributed by atoms with Crippen LogP contribution in [0, 0.1) is 6.92 Å². The number of benzene rings is 3. The molecule has 5 rings (SSSR count). The van der Waals surface area contributed by atoms with Crippen LogP contribution >= 0.6 is 0 Å². The average Bonchev–Trinajstić information content (AvgIpc) is 2.81. The number of hydrogen-bond donors (Lipinski definition) is 4. The van der Waals surface area contributed by atoms with Crippen molar-refractivity contribution in [2.24, 2.45) is 0 Å². The van der Waals surface area contributed by atoms with Crippen LogP contribution in [0.1, 0.15) is 12.5 Å². The van der Waals surface area contributed by atoms with Gasteiger partial charge in [-0.1, -0.05) is 12.1 Å². The molecule has 9 nitrogen and oxygen atoms in total. The van der Waals surface area contributed by atoms with E-state index in [1.807, 2.05) is 6.92 Å². The molecule has 1 saturated heterocycles. The van der Waals surface area contributed by atoms with Gasteiger partial charge in [-0.15, -0.1) is 0 Å². The smallest absolute Gasteiger partial charge is 0.344 e. The van der Waals surface area contributed by atoms with Crippen molar-refractivity contribution in [1.82, 2.24) is 0 Å². The third-order valence-corrected chi connectivity index (χ3v) is 6.26. The zero-order valence-corrected chi connectivity index (χ0v) is 18.7. The molecule has 0 bridgehead atoms. The van der Waals surface area contributed by atoms with E-state index in [-0.39, 0.29) is 22.5 Å². The quantitative estimate of drug-likeness (QED) is 0.263. The Morgan fingerprint density at radius 2 is 1.68 bits per heavy atom. The molecule has 2 heterocycles. The first-order valence-corrected chi connectivity index (χ1v) is 10.8. The number of aliphatic hydroxyl groups is 3. The first-order chi connectivity index (χ1) is 16.2. The molecule has 1 aliphatic rings. The van der Waals surface area contributed by atoms with Crippen LogP contribution in [0.15, 0.2) is 45.6 Å². The number of hydrogen-bond acceptors (Lipinski definition) is 9. The normalized spacial score (nSPS) is 25.2. The molecular formula is C25H24O9. The second kappa shape index (κ2) is 8.14. The highest BCUT2D eigenvalue weighted by atomic mass is 16.7. The second-order valence-electron chi connectivity index (χ2n) is 8.53. The van der Waals surface area contributed by atoms with Gasteiger partial charge in [0.05, 0.1) is 24.0 Å². The molecule has 5 atom stereocenters. The SMILES string of the molecule is COc1cc(C)cc2c(=O)oc3c4cccc(O)c4c(O[C@@H]4O[C@@H](C)[C@H](O)[C@@H](O)[C@@H]4O)cc3c12. The summed E-state index contributed by atoms with van der Waals surface area (Å²) < 4.78 is 22.8. The van der Waals surface area contributed by atoms with Gasteiger partial charge in [-0.3, -0.25) is 0 Å². The number of phenols is 1. The Bertz CT molecular complexity index is 1480. The van der Waals surface area contributed by atoms with Gasteiger partial charge in [0, 0.05) is 16.2 Å². The molecule has 34 heavy (non-hydrogen) atoms. The molecular weight excluding hydrogens is 444 g/mol. The highest BCUT2D eigenvalue weighted by Crippen LogP contribution is 2.43. The summed E-state index contributed by atoms with van der Waals surface area (Å²) in [7, 11) is 1.50. The lowest BCUT2D eigenvalue weighted by Gasteiger charge is -2.39. The highest BCUT2D eigenvalue weighted by Gasteiger charge is 2.43. The van der Waals surface area contributed by atoms with Crippen LogP contribution in [0.2, 0.25) is 0 Å². The minimum Gasteiger partial charge on any atom is -0.507 e. The van der Waals surface area contributed by atoms with Crippen molar-refractivity contribution in [1.29, 1.82) is 0 Å². The van der Waals surface area contributed by atoms with Crippen molar-refractivity contribution in [3.63, 3.8) is 0 Å². The van der Waals surface area contributed by atoms with Crippen molar-refractivity contribution < 1.29 is 39.1 Å². The Labute approximate surface area is 193 Å². The van der Waals surface area contributed by atoms with Crippen molar-refractivity contribution in [3.05, 3.63) is 52.4 Å². The lowest BCUT2D eigenvalue weighted by Crippen LogP contribution is -2.58. The number of methoxy groups -OCH3 is 1. The van der Waals surface area contributed by atoms with Crippen molar-refractivity contribution in [2.45, 2.75) is 44.6 Å². The summed E-state index contributed by atoms with van der Waals surface area (Å²) in [6, 6.07) is 9.78. The standard InChI is InChI=1S/C25H24O9/c1-10-7-14-18(16(8-10)31-3)13-9-17(33-25-22(29)21(28)20(27)11(2)32-25)19-12(5-4-6-15(19)26)23(13)34-24(14)30/h4-9,11,20-22,25-29H,1-3H3/t11-,20-,21+,22-,25-/m0/s1. The van der Waals surface area contributed by atoms with Gasteiger partial charge in [-0.2, -0.15) is 0 Å². The predicted octanol–water partition coefficient (Wildman–Crippen LogP) is 2.33. The Morgan fingerprint density at radius 3 is 2.41 bits per heavy atom. The van der Waals surface area contributed by atoms with Crippen molar-refractivity contribution in [3.8, 4) is 17.2 Å². The summed E-state index contributed by atoms with van der Waals surface area (Å²) in [6.45, 7) is 3.38. The fourth-order valence-electron chi connectivity index (χ4n) is 4.53. The van der Waals surface area contributed by atoms with Crippen molar-refractivity contribution in [2.75, 3.05) is 7.11 Å². The van der Waals surface area contributed by atoms with Gasteiger partial charge in [0.25, 0.3) is 0 Å². The molecule has 4 aromatic rings. The van der Waals surface area contributed by atoms with E-state index in [1.165, 1.54) is 13.2 Å². The third-order valence-electron chi connectivity index (χ3n) is 6.26. The first-order valence-electron chi connectivity index (χ1n) is 10.8. The van der Waals surface area contributed by atoms with E-state index in [2.05, 4.69) is 0 Å². The van der Waals surface area contributed by atoms with E-state index >= 15 is 0 Å². The van der Waals surface area contributed by atoms with E-state index in [0.717, 1.165) is 5.56 Å². The van der Waals surface area contributed by atoms with Crippen LogP contribution < -0.4 is 15.1 Å². The third kappa shape index (κ3) is 3.36. The van der Waals surface area contributed by atoms with E-state index < -0.39 is 36.3 Å². The maximum atomic E-state index is 12.9. The summed E-state index contributed by atoms with van der Waals surface area (Å²) in [6.07, 6.45) is -6.48. The fraction of sp³-hybridized carbons (Fsp3) is 0.320. The van der Waals surface area contributed by atoms with E-state index in [9.17, 15) is 25.2 Å². The van der Waals surface area contributed by atoms with Crippen LogP contribution in [-0.2, 0) is 4.74 Å². The maximum absolute atomic E-state index is 12.9. The van der Waals surface area contributed by atoms with Crippen LogP contribution in [0.5, 0.6) is 17.2 Å². The Morgan fingerprint density at radius 1 is 0.912 bits per heavy atom. The average molecular weight is 468 g/mol. The van der Waals surface area contributed by atoms with Gasteiger partial charge in [-0.05, 0) is 43.7 Å². The zero-order chi connectivity index (χ0) is 24.3. The van der Waals surface area contributed by atoms with Gasteiger partial charge in [-0.25, -0.2) is 4.79 Å². The van der Waals surface area contributed by atoms with E-state index in [4.69, 9.17) is 18.6 Å². The summed E-state index contributed by atoms with van der Waals surface area (Å²) in [4.78, 5) is 12.9. The predicted molar refractivity (Wildman–Crippen MR) is 123 cm³/mol. The number of aliphatic hydroxyl groups excluding tert-OH is 3. The number of phenolic OH excluding ortho intramolecular Hbond substituents is 1. The monoisotopic (exact) mass is 468 g/mol. The Kier molecular flexibility index (Phi) is 5.37. The molecule has 0 saturated carbocycles. The topological polar surface area (TPSA) is 139 Å². The molecule has 0 spiro atoms. The van der Waals surface area contributed by atoms with E-state index in [1.54, 1.807) is 37.3 Å². The number of aromatic hydroxyl groups is 1. The minimum atomic E-state index is -1.55. The van der Waals surface area contributed by atoms with Gasteiger partial charge >= 0.3 is 5.63 Å². The number of fused-ring (bicyclic) bond motifs is 5. The fourth-order valence-corrected chi connectivity index (χ4v) is 4.53. The second-order valence-corrected chi connectivity index (χ2v) is 8.53. The van der Waals surface area contributed by atoms with Gasteiger partial charge in [0.2, 0.25) is 6.29 Å². The number of ether oxygens (including phenoxy) is 3. The van der Waals surface area contributed by atoms with Crippen LogP contribution in [0.4, 0.5) is 0 Å². The molecule has 1 aliphatic heterocycles. The molecule has 1 aromatic heterocycles. The van der Waals surface area contributed by atoms with Crippen LogP contribution in [-0.4, -0.2) is 58.2 Å². The number of rotatable bonds is 3. The largest absolute Gasteiger partial charge is 0.507 e. The van der Waals surface area contributed by atoms with Crippen molar-refractivity contribution >= 4 is 32.5 Å². The molecule has 178 valence electrons. The molecule has 4 N–H and O–H groups in total. The summed E-state index contributed by atoms with van der Waals surface area (Å²) in [5.41, 5.74) is 0.484. The molecule has 9 heteroatoms.